The van der Waals surface area contributed by atoms with Crippen LogP contribution in [0, 0.1) is 10.1 Å². The molecule has 1 heterocycles. The van der Waals surface area contributed by atoms with Crippen molar-refractivity contribution in [3.63, 3.8) is 0 Å². The van der Waals surface area contributed by atoms with Gasteiger partial charge < -0.3 is 10.7 Å². The highest BCUT2D eigenvalue weighted by Crippen LogP contribution is 2.23. The molecule has 0 spiro atoms. The van der Waals surface area contributed by atoms with Crippen molar-refractivity contribution in [2.45, 2.75) is 0 Å². The molecular weight excluding hydrogens is 398 g/mol. The number of anilines is 1. The van der Waals surface area contributed by atoms with E-state index in [1.54, 1.807) is 30.3 Å². The van der Waals surface area contributed by atoms with Crippen molar-refractivity contribution in [3.8, 4) is 11.4 Å². The van der Waals surface area contributed by atoms with Gasteiger partial charge in [-0.15, -0.1) is 0 Å². The minimum atomic E-state index is -0.575. The van der Waals surface area contributed by atoms with E-state index in [0.29, 0.717) is 22.3 Å². The summed E-state index contributed by atoms with van der Waals surface area (Å²) in [5, 5.41) is 14.0. The summed E-state index contributed by atoms with van der Waals surface area (Å²) in [6.45, 7) is -0.300. The Morgan fingerprint density at radius 3 is 2.42 bits per heavy atom. The lowest BCUT2D eigenvalue weighted by atomic mass is 10.2. The van der Waals surface area contributed by atoms with E-state index >= 15 is 0 Å². The number of para-hydroxylation sites is 3. The number of fused-ring (bicyclic) bond motifs is 1. The molecule has 9 heteroatoms. The zero-order chi connectivity index (χ0) is 21.8. The van der Waals surface area contributed by atoms with Crippen LogP contribution in [0.25, 0.3) is 22.3 Å². The van der Waals surface area contributed by atoms with Crippen LogP contribution < -0.4 is 16.3 Å². The summed E-state index contributed by atoms with van der Waals surface area (Å²) in [5.74, 6) is -0.198. The molecule has 0 unspecified atom stereocenters. The first-order chi connectivity index (χ1) is 15.0. The van der Waals surface area contributed by atoms with Crippen LogP contribution in [-0.4, -0.2) is 27.0 Å². The van der Waals surface area contributed by atoms with Crippen LogP contribution >= 0.6 is 0 Å². The number of carbonyl (C=O) groups is 1. The molecule has 9 nitrogen and oxygen atoms in total. The number of aromatic nitrogens is 2. The number of amides is 1. The van der Waals surface area contributed by atoms with Gasteiger partial charge in [-0.2, -0.15) is 0 Å². The highest BCUT2D eigenvalue weighted by atomic mass is 16.6. The van der Waals surface area contributed by atoms with E-state index < -0.39 is 10.8 Å². The number of nitro groups is 1. The third-order valence-electron chi connectivity index (χ3n) is 4.58. The van der Waals surface area contributed by atoms with E-state index in [1.165, 1.54) is 22.9 Å². The molecule has 154 valence electrons. The first kappa shape index (κ1) is 19.8. The van der Waals surface area contributed by atoms with E-state index in [9.17, 15) is 19.7 Å². The molecular formula is C22H17N5O4. The smallest absolute Gasteiger partial charge is 0.292 e. The van der Waals surface area contributed by atoms with Gasteiger partial charge in [0, 0.05) is 11.6 Å². The molecule has 2 N–H and O–H groups in total. The maximum Gasteiger partial charge on any atom is 0.292 e. The lowest BCUT2D eigenvalue weighted by Crippen LogP contribution is -2.36. The summed E-state index contributed by atoms with van der Waals surface area (Å²) in [6.07, 6.45) is 0. The Kier molecular flexibility index (Phi) is 5.39. The Hall–Kier alpha value is -4.53. The molecule has 1 aromatic heterocycles. The number of nitro benzene ring substituents is 1. The zero-order valence-corrected chi connectivity index (χ0v) is 16.2. The fourth-order valence-electron chi connectivity index (χ4n) is 3.14. The van der Waals surface area contributed by atoms with Gasteiger partial charge >= 0.3 is 0 Å². The van der Waals surface area contributed by atoms with E-state index in [1.807, 2.05) is 30.3 Å². The molecule has 31 heavy (non-hydrogen) atoms. The van der Waals surface area contributed by atoms with Crippen molar-refractivity contribution in [2.24, 2.45) is 0 Å². The lowest BCUT2D eigenvalue weighted by molar-refractivity contribution is -0.383. The summed E-state index contributed by atoms with van der Waals surface area (Å²) in [7, 11) is 0. The average molecular weight is 415 g/mol. The Bertz CT molecular complexity index is 1330. The molecule has 0 saturated heterocycles. The number of benzene rings is 3. The van der Waals surface area contributed by atoms with E-state index in [-0.39, 0.29) is 23.5 Å². The third kappa shape index (κ3) is 4.10. The molecule has 4 rings (SSSR count). The van der Waals surface area contributed by atoms with Gasteiger partial charge in [-0.05, 0) is 18.2 Å². The molecule has 0 aliphatic rings. The van der Waals surface area contributed by atoms with Gasteiger partial charge in [0.1, 0.15) is 12.2 Å². The number of hydrogen-bond donors (Lipinski definition) is 2. The highest BCUT2D eigenvalue weighted by molar-refractivity contribution is 5.95. The molecule has 0 fully saturated rings. The number of nitrogens with zero attached hydrogens (tertiary/aromatic N) is 3. The van der Waals surface area contributed by atoms with E-state index in [2.05, 4.69) is 15.7 Å². The summed E-state index contributed by atoms with van der Waals surface area (Å²) in [4.78, 5) is 40.7. The first-order valence-electron chi connectivity index (χ1n) is 9.39. The maximum atomic E-state index is 13.1. The Morgan fingerprint density at radius 1 is 0.968 bits per heavy atom. The van der Waals surface area contributed by atoms with Gasteiger partial charge in [-0.25, -0.2) is 9.66 Å². The van der Waals surface area contributed by atoms with Gasteiger partial charge in [0.05, 0.1) is 15.8 Å². The van der Waals surface area contributed by atoms with E-state index in [4.69, 9.17) is 0 Å². The Labute approximate surface area is 176 Å². The van der Waals surface area contributed by atoms with E-state index in [0.717, 1.165) is 0 Å². The normalized spacial score (nSPS) is 10.6. The van der Waals surface area contributed by atoms with Gasteiger partial charge in [0.25, 0.3) is 11.2 Å². The van der Waals surface area contributed by atoms with Crippen molar-refractivity contribution in [1.82, 2.24) is 9.66 Å². The predicted octanol–water partition coefficient (Wildman–Crippen LogP) is 3.15. The predicted molar refractivity (Wildman–Crippen MR) is 117 cm³/mol. The number of carbonyl (C=O) groups excluding carboxylic acids is 1. The molecule has 0 atom stereocenters. The molecule has 0 aliphatic heterocycles. The summed E-state index contributed by atoms with van der Waals surface area (Å²) in [5.41, 5.74) is 3.53. The fourth-order valence-corrected chi connectivity index (χ4v) is 3.14. The van der Waals surface area contributed by atoms with Crippen LogP contribution in [0.15, 0.2) is 83.7 Å². The lowest BCUT2D eigenvalue weighted by Gasteiger charge is -2.15. The van der Waals surface area contributed by atoms with Crippen molar-refractivity contribution in [2.75, 3.05) is 17.3 Å². The molecule has 0 aliphatic carbocycles. The van der Waals surface area contributed by atoms with Gasteiger partial charge in [-0.3, -0.25) is 19.7 Å². The minimum absolute atomic E-state index is 0.0755. The molecule has 4 aromatic rings. The van der Waals surface area contributed by atoms with Crippen molar-refractivity contribution >= 4 is 28.2 Å². The van der Waals surface area contributed by atoms with Crippen LogP contribution in [0.5, 0.6) is 0 Å². The standard InChI is InChI=1S/C22H17N5O4/c28-20(24-18-12-6-7-13-19(18)27(30)31)14-23-26-21(15-8-2-1-3-9-15)25-17-11-5-4-10-16(17)22(26)29/h1-13,23H,14H2,(H,24,28). The molecule has 0 bridgehead atoms. The number of hydrogen-bond acceptors (Lipinski definition) is 6. The van der Waals surface area contributed by atoms with Crippen LogP contribution in [0.1, 0.15) is 0 Å². The number of rotatable bonds is 6. The highest BCUT2D eigenvalue weighted by Gasteiger charge is 2.16. The number of nitrogens with one attached hydrogen (secondary N) is 2. The van der Waals surface area contributed by atoms with Gasteiger partial charge in [0.15, 0.2) is 5.82 Å². The topological polar surface area (TPSA) is 119 Å². The molecule has 3 aromatic carbocycles. The quantitative estimate of drug-likeness (QED) is 0.369. The third-order valence-corrected chi connectivity index (χ3v) is 4.58. The van der Waals surface area contributed by atoms with Crippen molar-refractivity contribution < 1.29 is 9.72 Å². The fraction of sp³-hybridized carbons (Fsp3) is 0.0455. The molecule has 1 amide bonds. The second-order valence-corrected chi connectivity index (χ2v) is 6.62. The first-order valence-corrected chi connectivity index (χ1v) is 9.39. The van der Waals surface area contributed by atoms with Crippen LogP contribution in [0.3, 0.4) is 0 Å². The van der Waals surface area contributed by atoms with Crippen LogP contribution in [0.2, 0.25) is 0 Å². The molecule has 0 radical (unpaired) electrons. The van der Waals surface area contributed by atoms with Gasteiger partial charge in [-0.1, -0.05) is 54.6 Å². The summed E-state index contributed by atoms with van der Waals surface area (Å²) in [6, 6.07) is 21.9. The largest absolute Gasteiger partial charge is 0.319 e. The van der Waals surface area contributed by atoms with Crippen molar-refractivity contribution in [1.29, 1.82) is 0 Å². The summed E-state index contributed by atoms with van der Waals surface area (Å²) >= 11 is 0. The monoisotopic (exact) mass is 415 g/mol. The zero-order valence-electron chi connectivity index (χ0n) is 16.2. The second-order valence-electron chi connectivity index (χ2n) is 6.62. The Balaban J connectivity index is 1.65. The summed E-state index contributed by atoms with van der Waals surface area (Å²) < 4.78 is 1.22. The maximum absolute atomic E-state index is 13.1. The van der Waals surface area contributed by atoms with Crippen LogP contribution in [-0.2, 0) is 4.79 Å². The minimum Gasteiger partial charge on any atom is -0.319 e. The molecule has 0 saturated carbocycles. The second kappa shape index (κ2) is 8.46. The Morgan fingerprint density at radius 2 is 1.65 bits per heavy atom. The average Bonchev–Trinajstić information content (AvgIpc) is 2.79. The van der Waals surface area contributed by atoms with Gasteiger partial charge in [0.2, 0.25) is 5.91 Å². The van der Waals surface area contributed by atoms with Crippen molar-refractivity contribution in [3.05, 3.63) is 99.3 Å². The SMILES string of the molecule is O=C(CNn1c(-c2ccccc2)nc2ccccc2c1=O)Nc1ccccc1[N+](=O)[O-]. The van der Waals surface area contributed by atoms with Crippen LogP contribution in [0.4, 0.5) is 11.4 Å².